The van der Waals surface area contributed by atoms with Crippen molar-refractivity contribution in [1.82, 2.24) is 0 Å². The maximum Gasteiger partial charge on any atom is 0.125 e. The molecule has 0 aliphatic carbocycles. The zero-order valence-electron chi connectivity index (χ0n) is 20.9. The first-order valence-electron chi connectivity index (χ1n) is 11.8. The fourth-order valence-corrected chi connectivity index (χ4v) is 3.54. The lowest BCUT2D eigenvalue weighted by molar-refractivity contribution is 0.213. The van der Waals surface area contributed by atoms with Crippen molar-refractivity contribution in [3.05, 3.63) is 65.2 Å². The SMILES string of the molecule is C/C=C/COc1cc(C)c(OCCCCCCCOc2ccc(/C(C)=N/OC)cc2)c(C)c1. The van der Waals surface area contributed by atoms with Gasteiger partial charge in [-0.3, -0.25) is 0 Å². The highest BCUT2D eigenvalue weighted by Gasteiger charge is 2.07. The molecule has 0 bridgehead atoms. The van der Waals surface area contributed by atoms with Gasteiger partial charge in [0.05, 0.1) is 18.9 Å². The molecule has 0 unspecified atom stereocenters. The first-order valence-corrected chi connectivity index (χ1v) is 11.8. The van der Waals surface area contributed by atoms with E-state index in [4.69, 9.17) is 19.0 Å². The summed E-state index contributed by atoms with van der Waals surface area (Å²) in [4.78, 5) is 4.81. The number of unbranched alkanes of at least 4 members (excludes halogenated alkanes) is 4. The van der Waals surface area contributed by atoms with Crippen molar-refractivity contribution in [2.75, 3.05) is 26.9 Å². The lowest BCUT2D eigenvalue weighted by atomic mass is 10.1. The Bertz CT molecular complexity index is 864. The molecule has 0 saturated carbocycles. The summed E-state index contributed by atoms with van der Waals surface area (Å²) < 4.78 is 17.7. The van der Waals surface area contributed by atoms with E-state index in [1.807, 2.05) is 62.4 Å². The van der Waals surface area contributed by atoms with Crippen LogP contribution in [0.3, 0.4) is 0 Å². The van der Waals surface area contributed by atoms with Gasteiger partial charge >= 0.3 is 0 Å². The number of aryl methyl sites for hydroxylation is 2. The highest BCUT2D eigenvalue weighted by Crippen LogP contribution is 2.28. The Hall–Kier alpha value is -2.95. The first-order chi connectivity index (χ1) is 16.0. The lowest BCUT2D eigenvalue weighted by Crippen LogP contribution is -2.02. The summed E-state index contributed by atoms with van der Waals surface area (Å²) in [5, 5.41) is 3.94. The molecule has 0 aliphatic heterocycles. The molecule has 2 aromatic carbocycles. The second-order valence-electron chi connectivity index (χ2n) is 8.11. The number of nitrogens with zero attached hydrogens (tertiary/aromatic N) is 1. The summed E-state index contributed by atoms with van der Waals surface area (Å²) in [7, 11) is 1.55. The van der Waals surface area contributed by atoms with Gasteiger partial charge in [-0.05, 0) is 93.6 Å². The van der Waals surface area contributed by atoms with E-state index in [2.05, 4.69) is 19.0 Å². The lowest BCUT2D eigenvalue weighted by Gasteiger charge is -2.14. The summed E-state index contributed by atoms with van der Waals surface area (Å²) in [5.41, 5.74) is 4.13. The van der Waals surface area contributed by atoms with Crippen molar-refractivity contribution >= 4 is 5.71 Å². The molecule has 0 spiro atoms. The predicted octanol–water partition coefficient (Wildman–Crippen LogP) is 7.04. The van der Waals surface area contributed by atoms with Gasteiger partial charge in [-0.25, -0.2) is 0 Å². The largest absolute Gasteiger partial charge is 0.494 e. The molecule has 33 heavy (non-hydrogen) atoms. The molecule has 0 amide bonds. The van der Waals surface area contributed by atoms with Crippen molar-refractivity contribution in [1.29, 1.82) is 0 Å². The molecule has 2 aromatic rings. The second-order valence-corrected chi connectivity index (χ2v) is 8.11. The summed E-state index contributed by atoms with van der Waals surface area (Å²) in [5.74, 6) is 2.77. The molecule has 0 saturated heterocycles. The van der Waals surface area contributed by atoms with Crippen LogP contribution in [0, 0.1) is 13.8 Å². The highest BCUT2D eigenvalue weighted by atomic mass is 16.6. The Morgan fingerprint density at radius 1 is 0.818 bits per heavy atom. The van der Waals surface area contributed by atoms with Crippen molar-refractivity contribution in [3.8, 4) is 17.2 Å². The van der Waals surface area contributed by atoms with E-state index in [1.54, 1.807) is 7.11 Å². The average molecular weight is 454 g/mol. The molecule has 0 fully saturated rings. The van der Waals surface area contributed by atoms with Crippen molar-refractivity contribution in [2.45, 2.75) is 59.8 Å². The third-order valence-electron chi connectivity index (χ3n) is 5.32. The van der Waals surface area contributed by atoms with Gasteiger partial charge in [-0.2, -0.15) is 0 Å². The molecule has 5 nitrogen and oxygen atoms in total. The van der Waals surface area contributed by atoms with Crippen molar-refractivity contribution < 1.29 is 19.0 Å². The minimum Gasteiger partial charge on any atom is -0.494 e. The number of hydrogen-bond donors (Lipinski definition) is 0. The number of benzene rings is 2. The van der Waals surface area contributed by atoms with Gasteiger partial charge < -0.3 is 19.0 Å². The Labute approximate surface area is 199 Å². The van der Waals surface area contributed by atoms with Crippen LogP contribution in [0.15, 0.2) is 53.7 Å². The second kappa shape index (κ2) is 15.0. The molecule has 0 heterocycles. The van der Waals surface area contributed by atoms with E-state index in [9.17, 15) is 0 Å². The molecule has 0 radical (unpaired) electrons. The predicted molar refractivity (Wildman–Crippen MR) is 136 cm³/mol. The zero-order chi connectivity index (χ0) is 23.9. The van der Waals surface area contributed by atoms with Gasteiger partial charge in [-0.15, -0.1) is 0 Å². The standard InChI is InChI=1S/C28H39NO4/c1-6-7-17-32-27-20-22(2)28(23(3)21-27)33-19-12-10-8-9-11-18-31-26-15-13-25(14-16-26)24(4)29-30-5/h6-7,13-16,20-21H,8-12,17-19H2,1-5H3/b7-6+,29-24+. The summed E-state index contributed by atoms with van der Waals surface area (Å²) >= 11 is 0. The molecule has 0 atom stereocenters. The van der Waals surface area contributed by atoms with Crippen LogP contribution < -0.4 is 14.2 Å². The quantitative estimate of drug-likeness (QED) is 0.126. The van der Waals surface area contributed by atoms with Crippen LogP contribution in [0.25, 0.3) is 0 Å². The number of oxime groups is 1. The van der Waals surface area contributed by atoms with E-state index in [1.165, 1.54) is 6.42 Å². The van der Waals surface area contributed by atoms with Crippen LogP contribution in [0.1, 0.15) is 62.6 Å². The molecule has 180 valence electrons. The van der Waals surface area contributed by atoms with Crippen LogP contribution >= 0.6 is 0 Å². The monoisotopic (exact) mass is 453 g/mol. The van der Waals surface area contributed by atoms with Gasteiger partial charge in [0.2, 0.25) is 0 Å². The van der Waals surface area contributed by atoms with Crippen LogP contribution in [-0.2, 0) is 4.84 Å². The van der Waals surface area contributed by atoms with Crippen LogP contribution in [0.5, 0.6) is 17.2 Å². The van der Waals surface area contributed by atoms with Gasteiger partial charge in [0.15, 0.2) is 0 Å². The van der Waals surface area contributed by atoms with E-state index >= 15 is 0 Å². The smallest absolute Gasteiger partial charge is 0.125 e. The van der Waals surface area contributed by atoms with Gasteiger partial charge in [0.25, 0.3) is 0 Å². The molecular formula is C28H39NO4. The van der Waals surface area contributed by atoms with E-state index < -0.39 is 0 Å². The van der Waals surface area contributed by atoms with Crippen molar-refractivity contribution in [3.63, 3.8) is 0 Å². The van der Waals surface area contributed by atoms with Gasteiger partial charge in [0, 0.05) is 0 Å². The molecule has 0 aliphatic rings. The minimum atomic E-state index is 0.594. The molecule has 5 heteroatoms. The third kappa shape index (κ3) is 9.60. The van der Waals surface area contributed by atoms with Gasteiger partial charge in [0.1, 0.15) is 31.0 Å². The number of hydrogen-bond acceptors (Lipinski definition) is 5. The normalized spacial score (nSPS) is 11.6. The van der Waals surface area contributed by atoms with Crippen LogP contribution in [-0.4, -0.2) is 32.6 Å². The fraction of sp³-hybridized carbons (Fsp3) is 0.464. The zero-order valence-corrected chi connectivity index (χ0v) is 20.9. The summed E-state index contributed by atoms with van der Waals surface area (Å²) in [6.07, 6.45) is 9.62. The van der Waals surface area contributed by atoms with Gasteiger partial charge in [-0.1, -0.05) is 36.6 Å². The number of rotatable bonds is 15. The Balaban J connectivity index is 1.58. The Kier molecular flexibility index (Phi) is 11.9. The van der Waals surface area contributed by atoms with Crippen LogP contribution in [0.2, 0.25) is 0 Å². The summed E-state index contributed by atoms with van der Waals surface area (Å²) in [6, 6.07) is 12.1. The Morgan fingerprint density at radius 2 is 1.42 bits per heavy atom. The third-order valence-corrected chi connectivity index (χ3v) is 5.32. The maximum atomic E-state index is 6.06. The topological polar surface area (TPSA) is 49.3 Å². The first kappa shape index (κ1) is 26.3. The maximum absolute atomic E-state index is 6.06. The molecule has 0 N–H and O–H groups in total. The molecular weight excluding hydrogens is 414 g/mol. The fourth-order valence-electron chi connectivity index (χ4n) is 3.54. The number of ether oxygens (including phenoxy) is 3. The minimum absolute atomic E-state index is 0.594. The molecule has 2 rings (SSSR count). The highest BCUT2D eigenvalue weighted by molar-refractivity contribution is 5.98. The van der Waals surface area contributed by atoms with E-state index in [0.29, 0.717) is 6.61 Å². The number of allylic oxidation sites excluding steroid dienone is 1. The average Bonchev–Trinajstić information content (AvgIpc) is 2.80. The van der Waals surface area contributed by atoms with E-state index in [-0.39, 0.29) is 0 Å². The van der Waals surface area contributed by atoms with Crippen molar-refractivity contribution in [2.24, 2.45) is 5.16 Å². The molecule has 0 aromatic heterocycles. The summed E-state index contributed by atoms with van der Waals surface area (Å²) in [6.45, 7) is 10.1. The van der Waals surface area contributed by atoms with Crippen LogP contribution in [0.4, 0.5) is 0 Å². The Morgan fingerprint density at radius 3 is 2.03 bits per heavy atom. The van der Waals surface area contributed by atoms with E-state index in [0.717, 1.165) is 78.5 Å².